The standard InChI is InChI=1S/C14H21NO3/c1-3-12-6-5-7-13(10-12)15-8-9-17-11-14(16)18-4-2/h5-7,10,15H,3-4,8-9,11H2,1-2H3. The number of ether oxygens (including phenoxy) is 2. The molecule has 0 radical (unpaired) electrons. The second-order valence-electron chi connectivity index (χ2n) is 3.84. The summed E-state index contributed by atoms with van der Waals surface area (Å²) in [4.78, 5) is 11.0. The van der Waals surface area contributed by atoms with Crippen molar-refractivity contribution in [1.29, 1.82) is 0 Å². The van der Waals surface area contributed by atoms with Gasteiger partial charge in [0.15, 0.2) is 0 Å². The molecule has 0 aliphatic carbocycles. The topological polar surface area (TPSA) is 47.6 Å². The van der Waals surface area contributed by atoms with E-state index >= 15 is 0 Å². The van der Waals surface area contributed by atoms with Gasteiger partial charge in [0.05, 0.1) is 13.2 Å². The normalized spacial score (nSPS) is 10.1. The van der Waals surface area contributed by atoms with Crippen LogP contribution in [0.25, 0.3) is 0 Å². The first-order chi connectivity index (χ1) is 8.76. The molecule has 1 aromatic carbocycles. The molecule has 4 nitrogen and oxygen atoms in total. The van der Waals surface area contributed by atoms with E-state index in [4.69, 9.17) is 9.47 Å². The molecule has 0 heterocycles. The van der Waals surface area contributed by atoms with Gasteiger partial charge in [-0.05, 0) is 31.0 Å². The molecule has 100 valence electrons. The van der Waals surface area contributed by atoms with Gasteiger partial charge in [0, 0.05) is 12.2 Å². The molecule has 0 aliphatic heterocycles. The van der Waals surface area contributed by atoms with Crippen LogP contribution < -0.4 is 5.32 Å². The molecule has 0 fully saturated rings. The highest BCUT2D eigenvalue weighted by atomic mass is 16.6. The van der Waals surface area contributed by atoms with Gasteiger partial charge in [0.25, 0.3) is 0 Å². The lowest BCUT2D eigenvalue weighted by Gasteiger charge is -2.08. The summed E-state index contributed by atoms with van der Waals surface area (Å²) in [5.74, 6) is -0.314. The summed E-state index contributed by atoms with van der Waals surface area (Å²) in [6.45, 7) is 5.47. The maximum atomic E-state index is 11.0. The van der Waals surface area contributed by atoms with Gasteiger partial charge in [-0.3, -0.25) is 0 Å². The number of carbonyl (C=O) groups is 1. The molecular weight excluding hydrogens is 230 g/mol. The predicted molar refractivity (Wildman–Crippen MR) is 71.8 cm³/mol. The number of carbonyl (C=O) groups excluding carboxylic acids is 1. The Morgan fingerprint density at radius 1 is 1.33 bits per heavy atom. The van der Waals surface area contributed by atoms with E-state index < -0.39 is 0 Å². The minimum atomic E-state index is -0.314. The number of rotatable bonds is 8. The van der Waals surface area contributed by atoms with Gasteiger partial charge in [-0.25, -0.2) is 4.79 Å². The molecule has 0 spiro atoms. The van der Waals surface area contributed by atoms with Gasteiger partial charge in [0.2, 0.25) is 0 Å². The molecule has 4 heteroatoms. The minimum Gasteiger partial charge on any atom is -0.464 e. The predicted octanol–water partition coefficient (Wildman–Crippen LogP) is 2.24. The molecule has 0 bridgehead atoms. The summed E-state index contributed by atoms with van der Waals surface area (Å²) in [5, 5.41) is 3.25. The second kappa shape index (κ2) is 8.53. The van der Waals surface area contributed by atoms with Crippen LogP contribution in [0, 0.1) is 0 Å². The highest BCUT2D eigenvalue weighted by Gasteiger charge is 2.00. The van der Waals surface area contributed by atoms with Crippen LogP contribution >= 0.6 is 0 Å². The fraction of sp³-hybridized carbons (Fsp3) is 0.500. The van der Waals surface area contributed by atoms with Gasteiger partial charge in [-0.15, -0.1) is 0 Å². The van der Waals surface area contributed by atoms with Crippen LogP contribution in [0.3, 0.4) is 0 Å². The first-order valence-electron chi connectivity index (χ1n) is 6.32. The summed E-state index contributed by atoms with van der Waals surface area (Å²) in [6.07, 6.45) is 1.02. The van der Waals surface area contributed by atoms with E-state index in [1.165, 1.54) is 5.56 Å². The van der Waals surface area contributed by atoms with Crippen molar-refractivity contribution in [3.63, 3.8) is 0 Å². The number of hydrogen-bond donors (Lipinski definition) is 1. The van der Waals surface area contributed by atoms with Crippen molar-refractivity contribution in [3.05, 3.63) is 29.8 Å². The smallest absolute Gasteiger partial charge is 0.332 e. The maximum absolute atomic E-state index is 11.0. The Kier molecular flexibility index (Phi) is 6.87. The van der Waals surface area contributed by atoms with Crippen LogP contribution in [0.4, 0.5) is 5.69 Å². The Hall–Kier alpha value is -1.55. The SMILES string of the molecule is CCOC(=O)COCCNc1cccc(CC)c1. The zero-order valence-electron chi connectivity index (χ0n) is 11.1. The molecule has 0 saturated carbocycles. The summed E-state index contributed by atoms with van der Waals surface area (Å²) in [5.41, 5.74) is 2.38. The molecule has 18 heavy (non-hydrogen) atoms. The Labute approximate surface area is 108 Å². The first kappa shape index (κ1) is 14.5. The Morgan fingerprint density at radius 2 is 2.17 bits per heavy atom. The largest absolute Gasteiger partial charge is 0.464 e. The van der Waals surface area contributed by atoms with Crippen molar-refractivity contribution in [1.82, 2.24) is 0 Å². The number of nitrogens with one attached hydrogen (secondary N) is 1. The van der Waals surface area contributed by atoms with Gasteiger partial charge >= 0.3 is 5.97 Å². The van der Waals surface area contributed by atoms with E-state index in [9.17, 15) is 4.79 Å². The summed E-state index contributed by atoms with van der Waals surface area (Å²) < 4.78 is 9.94. The average Bonchev–Trinajstić information content (AvgIpc) is 2.39. The first-order valence-corrected chi connectivity index (χ1v) is 6.32. The van der Waals surface area contributed by atoms with Crippen LogP contribution in [-0.2, 0) is 20.7 Å². The number of aryl methyl sites for hydroxylation is 1. The summed E-state index contributed by atoms with van der Waals surface area (Å²) in [6, 6.07) is 8.26. The third kappa shape index (κ3) is 5.68. The molecule has 0 aromatic heterocycles. The fourth-order valence-corrected chi connectivity index (χ4v) is 1.53. The lowest BCUT2D eigenvalue weighted by Crippen LogP contribution is -2.16. The van der Waals surface area contributed by atoms with Gasteiger partial charge < -0.3 is 14.8 Å². The molecule has 0 aliphatic rings. The van der Waals surface area contributed by atoms with E-state index in [1.807, 2.05) is 12.1 Å². The monoisotopic (exact) mass is 251 g/mol. The highest BCUT2D eigenvalue weighted by Crippen LogP contribution is 2.10. The Morgan fingerprint density at radius 3 is 2.89 bits per heavy atom. The third-order valence-electron chi connectivity index (χ3n) is 2.44. The molecule has 1 aromatic rings. The highest BCUT2D eigenvalue weighted by molar-refractivity contribution is 5.70. The molecule has 0 saturated heterocycles. The third-order valence-corrected chi connectivity index (χ3v) is 2.44. The molecule has 0 unspecified atom stereocenters. The van der Waals surface area contributed by atoms with E-state index in [0.29, 0.717) is 19.8 Å². The van der Waals surface area contributed by atoms with Crippen LogP contribution in [0.15, 0.2) is 24.3 Å². The lowest BCUT2D eigenvalue weighted by atomic mass is 10.1. The van der Waals surface area contributed by atoms with Crippen molar-refractivity contribution < 1.29 is 14.3 Å². The van der Waals surface area contributed by atoms with Crippen molar-refractivity contribution in [3.8, 4) is 0 Å². The number of esters is 1. The van der Waals surface area contributed by atoms with Crippen LogP contribution in [0.5, 0.6) is 0 Å². The summed E-state index contributed by atoms with van der Waals surface area (Å²) in [7, 11) is 0. The van der Waals surface area contributed by atoms with Gasteiger partial charge in [0.1, 0.15) is 6.61 Å². The van der Waals surface area contributed by atoms with Crippen molar-refractivity contribution in [2.24, 2.45) is 0 Å². The van der Waals surface area contributed by atoms with E-state index in [-0.39, 0.29) is 12.6 Å². The zero-order chi connectivity index (χ0) is 13.2. The van der Waals surface area contributed by atoms with E-state index in [2.05, 4.69) is 24.4 Å². The van der Waals surface area contributed by atoms with Crippen LogP contribution in [-0.4, -0.2) is 32.3 Å². The van der Waals surface area contributed by atoms with E-state index in [1.54, 1.807) is 6.92 Å². The number of anilines is 1. The van der Waals surface area contributed by atoms with Crippen LogP contribution in [0.2, 0.25) is 0 Å². The fourth-order valence-electron chi connectivity index (χ4n) is 1.53. The van der Waals surface area contributed by atoms with Crippen molar-refractivity contribution >= 4 is 11.7 Å². The molecule has 1 rings (SSSR count). The lowest BCUT2D eigenvalue weighted by molar-refractivity contribution is -0.148. The van der Waals surface area contributed by atoms with Gasteiger partial charge in [-0.2, -0.15) is 0 Å². The van der Waals surface area contributed by atoms with E-state index in [0.717, 1.165) is 12.1 Å². The Balaban J connectivity index is 2.15. The Bertz CT molecular complexity index is 366. The quantitative estimate of drug-likeness (QED) is 0.568. The molecule has 0 amide bonds. The summed E-state index contributed by atoms with van der Waals surface area (Å²) >= 11 is 0. The van der Waals surface area contributed by atoms with Crippen molar-refractivity contribution in [2.45, 2.75) is 20.3 Å². The van der Waals surface area contributed by atoms with Crippen LogP contribution in [0.1, 0.15) is 19.4 Å². The molecule has 0 atom stereocenters. The number of hydrogen-bond acceptors (Lipinski definition) is 4. The minimum absolute atomic E-state index is 0.0184. The number of benzene rings is 1. The molecule has 1 N–H and O–H groups in total. The van der Waals surface area contributed by atoms with Gasteiger partial charge in [-0.1, -0.05) is 19.1 Å². The maximum Gasteiger partial charge on any atom is 0.332 e. The van der Waals surface area contributed by atoms with Crippen molar-refractivity contribution in [2.75, 3.05) is 31.7 Å². The average molecular weight is 251 g/mol. The molecular formula is C14H21NO3. The zero-order valence-corrected chi connectivity index (χ0v) is 11.1. The second-order valence-corrected chi connectivity index (χ2v) is 3.84.